The first kappa shape index (κ1) is 36.2. The summed E-state index contributed by atoms with van der Waals surface area (Å²) in [5.41, 5.74) is 7.30. The number of halogens is 2. The number of amides is 2. The molecule has 4 rings (SSSR count). The molecule has 11 heteroatoms. The van der Waals surface area contributed by atoms with Gasteiger partial charge in [0.1, 0.15) is 17.2 Å². The van der Waals surface area contributed by atoms with Gasteiger partial charge in [-0.05, 0) is 79.8 Å². The molecule has 236 valence electrons. The van der Waals surface area contributed by atoms with Gasteiger partial charge < -0.3 is 16.0 Å². The number of rotatable bonds is 8. The number of benzene rings is 2. The third-order valence-corrected chi connectivity index (χ3v) is 9.05. The maximum Gasteiger partial charge on any atom is 0.275 e. The normalized spacial score (nSPS) is 20.3. The molecule has 9 nitrogen and oxygen atoms in total. The number of carbonyl (C=O) groups excluding carboxylic acids is 2. The number of aliphatic imine (C=N–C) groups is 1. The first-order valence-electron chi connectivity index (χ1n) is 14.8. The molecule has 8 N–H and O–H groups in total. The quantitative estimate of drug-likeness (QED) is 0.101. The zero-order chi connectivity index (χ0) is 32.5. The highest BCUT2D eigenvalue weighted by molar-refractivity contribution is 6.47. The van der Waals surface area contributed by atoms with Crippen molar-refractivity contribution in [1.82, 2.24) is 10.2 Å². The van der Waals surface area contributed by atoms with Gasteiger partial charge in [0, 0.05) is 21.2 Å². The summed E-state index contributed by atoms with van der Waals surface area (Å²) in [7, 11) is 0. The van der Waals surface area contributed by atoms with Crippen LogP contribution in [0.15, 0.2) is 47.5 Å². The van der Waals surface area contributed by atoms with Gasteiger partial charge in [0.25, 0.3) is 11.8 Å². The van der Waals surface area contributed by atoms with E-state index < -0.39 is 5.66 Å². The van der Waals surface area contributed by atoms with Crippen molar-refractivity contribution in [1.29, 1.82) is 5.41 Å². The maximum absolute atomic E-state index is 14.1. The summed E-state index contributed by atoms with van der Waals surface area (Å²) in [6.45, 7) is 12.9. The maximum atomic E-state index is 14.1. The van der Waals surface area contributed by atoms with Crippen LogP contribution in [0, 0.1) is 16.7 Å². The highest BCUT2D eigenvalue weighted by Gasteiger charge is 2.52. The molecular formula is C32H47Cl2N7O2. The monoisotopic (exact) mass is 631 g/mol. The molecule has 1 spiro atoms. The van der Waals surface area contributed by atoms with Gasteiger partial charge in [-0.25, -0.2) is 0 Å². The first-order chi connectivity index (χ1) is 20.4. The summed E-state index contributed by atoms with van der Waals surface area (Å²) < 4.78 is 0. The van der Waals surface area contributed by atoms with E-state index in [1.165, 1.54) is 0 Å². The molecule has 2 amide bonds. The molecule has 2 aromatic carbocycles. The van der Waals surface area contributed by atoms with Crippen molar-refractivity contribution < 1.29 is 9.59 Å². The van der Waals surface area contributed by atoms with E-state index in [9.17, 15) is 9.59 Å². The van der Waals surface area contributed by atoms with Crippen molar-refractivity contribution in [3.8, 4) is 0 Å². The standard InChI is InChI=1S/C30H37Cl2N5O2.C2H6.H4N2/c1-5-29(3,4)22-10-12-30(13-11-22)36-26(21-14-23(31)16-24(32)15-21)28(39)37(30)18(2)19-6-8-20(9-7-19)27(38)35-17-25(33)34;2*1-2/h6-9,14-16,18,22H,5,10-13,17H2,1-4H3,(H3,33,34)(H,35,38);1-2H3;1-2H2. The van der Waals surface area contributed by atoms with Gasteiger partial charge in [-0.2, -0.15) is 0 Å². The molecule has 1 fully saturated rings. The van der Waals surface area contributed by atoms with Crippen LogP contribution in [0.5, 0.6) is 0 Å². The van der Waals surface area contributed by atoms with Crippen LogP contribution in [-0.4, -0.2) is 40.5 Å². The average molecular weight is 633 g/mol. The van der Waals surface area contributed by atoms with Crippen LogP contribution in [0.2, 0.25) is 10.0 Å². The molecule has 1 unspecified atom stereocenters. The van der Waals surface area contributed by atoms with Crippen LogP contribution in [-0.2, 0) is 4.79 Å². The molecule has 0 aromatic heterocycles. The van der Waals surface area contributed by atoms with E-state index in [0.717, 1.165) is 37.7 Å². The fraction of sp³-hybridized carbons (Fsp3) is 0.500. The number of nitrogens with two attached hydrogens (primary N) is 3. The number of nitrogens with zero attached hydrogens (tertiary/aromatic N) is 2. The third-order valence-electron chi connectivity index (χ3n) is 8.61. The Morgan fingerprint density at radius 3 is 2.14 bits per heavy atom. The molecule has 1 heterocycles. The van der Waals surface area contributed by atoms with E-state index >= 15 is 0 Å². The lowest BCUT2D eigenvalue weighted by Gasteiger charge is -2.47. The second kappa shape index (κ2) is 15.7. The second-order valence-electron chi connectivity index (χ2n) is 11.4. The number of amidine groups is 1. The minimum absolute atomic E-state index is 0.00868. The molecule has 0 bridgehead atoms. The topological polar surface area (TPSA) is 164 Å². The summed E-state index contributed by atoms with van der Waals surface area (Å²) in [4.78, 5) is 33.6. The highest BCUT2D eigenvalue weighted by Crippen LogP contribution is 2.50. The molecular weight excluding hydrogens is 585 g/mol. The lowest BCUT2D eigenvalue weighted by Crippen LogP contribution is -2.51. The number of hydrogen-bond acceptors (Lipinski definition) is 6. The Labute approximate surface area is 266 Å². The minimum Gasteiger partial charge on any atom is -0.386 e. The van der Waals surface area contributed by atoms with Crippen LogP contribution in [0.3, 0.4) is 0 Å². The van der Waals surface area contributed by atoms with E-state index in [-0.39, 0.29) is 35.7 Å². The molecule has 0 radical (unpaired) electrons. The van der Waals surface area contributed by atoms with Gasteiger partial charge in [0.05, 0.1) is 12.6 Å². The molecule has 43 heavy (non-hydrogen) atoms. The Morgan fingerprint density at radius 2 is 1.65 bits per heavy atom. The van der Waals surface area contributed by atoms with Crippen molar-refractivity contribution >= 4 is 46.6 Å². The van der Waals surface area contributed by atoms with E-state index in [4.69, 9.17) is 39.3 Å². The molecule has 1 aliphatic heterocycles. The van der Waals surface area contributed by atoms with E-state index in [2.05, 4.69) is 37.8 Å². The Hall–Kier alpha value is -2.98. The summed E-state index contributed by atoms with van der Waals surface area (Å²) >= 11 is 12.6. The minimum atomic E-state index is -0.654. The summed E-state index contributed by atoms with van der Waals surface area (Å²) in [6.07, 6.45) is 4.63. The summed E-state index contributed by atoms with van der Waals surface area (Å²) in [6, 6.07) is 12.1. The highest BCUT2D eigenvalue weighted by atomic mass is 35.5. The van der Waals surface area contributed by atoms with Crippen LogP contribution >= 0.6 is 23.2 Å². The van der Waals surface area contributed by atoms with Crippen molar-refractivity contribution in [3.05, 3.63) is 69.2 Å². The van der Waals surface area contributed by atoms with Crippen molar-refractivity contribution in [3.63, 3.8) is 0 Å². The Kier molecular flexibility index (Phi) is 13.2. The molecule has 2 aromatic rings. The molecule has 0 saturated heterocycles. The number of carbonyl (C=O) groups is 2. The Morgan fingerprint density at radius 1 is 1.12 bits per heavy atom. The van der Waals surface area contributed by atoms with Crippen LogP contribution in [0.1, 0.15) is 101 Å². The van der Waals surface area contributed by atoms with Crippen LogP contribution in [0.4, 0.5) is 0 Å². The molecule has 1 saturated carbocycles. The van der Waals surface area contributed by atoms with Gasteiger partial charge >= 0.3 is 0 Å². The fourth-order valence-corrected chi connectivity index (χ4v) is 6.40. The Bertz CT molecular complexity index is 1280. The van der Waals surface area contributed by atoms with Crippen LogP contribution < -0.4 is 22.7 Å². The predicted molar refractivity (Wildman–Crippen MR) is 177 cm³/mol. The van der Waals surface area contributed by atoms with E-state index in [1.54, 1.807) is 30.3 Å². The van der Waals surface area contributed by atoms with Gasteiger partial charge in [0.15, 0.2) is 0 Å². The predicted octanol–water partition coefficient (Wildman–Crippen LogP) is 6.22. The molecule has 2 aliphatic rings. The van der Waals surface area contributed by atoms with Gasteiger partial charge in [-0.15, -0.1) is 0 Å². The average Bonchev–Trinajstić information content (AvgIpc) is 3.28. The van der Waals surface area contributed by atoms with Gasteiger partial charge in [0.2, 0.25) is 0 Å². The smallest absolute Gasteiger partial charge is 0.275 e. The summed E-state index contributed by atoms with van der Waals surface area (Å²) in [5.74, 6) is 8.00. The van der Waals surface area contributed by atoms with Crippen molar-refractivity contribution in [2.45, 2.75) is 85.4 Å². The number of nitrogens with one attached hydrogen (secondary N) is 2. The van der Waals surface area contributed by atoms with Crippen molar-refractivity contribution in [2.24, 2.45) is 33.7 Å². The summed E-state index contributed by atoms with van der Waals surface area (Å²) in [5, 5.41) is 10.8. The largest absolute Gasteiger partial charge is 0.386 e. The number of hydrogen-bond donors (Lipinski definition) is 5. The SMILES string of the molecule is CC.CCC(C)(C)C1CCC2(CC1)N=C(c1cc(Cl)cc(Cl)c1)C(=O)N2C(C)c1ccc(C(=O)NCC(=N)N)cc1.NN. The van der Waals surface area contributed by atoms with Crippen LogP contribution in [0.25, 0.3) is 0 Å². The van der Waals surface area contributed by atoms with Crippen molar-refractivity contribution in [2.75, 3.05) is 6.54 Å². The molecule has 1 aliphatic carbocycles. The van der Waals surface area contributed by atoms with Gasteiger partial charge in [-0.3, -0.25) is 31.7 Å². The second-order valence-corrected chi connectivity index (χ2v) is 12.3. The zero-order valence-electron chi connectivity index (χ0n) is 26.1. The molecule has 1 atom stereocenters. The first-order valence-corrected chi connectivity index (χ1v) is 15.6. The lowest BCUT2D eigenvalue weighted by atomic mass is 9.67. The third kappa shape index (κ3) is 8.35. The Balaban J connectivity index is 0.00000155. The van der Waals surface area contributed by atoms with E-state index in [1.807, 2.05) is 37.8 Å². The lowest BCUT2D eigenvalue weighted by molar-refractivity contribution is -0.133. The van der Waals surface area contributed by atoms with E-state index in [0.29, 0.717) is 32.8 Å². The zero-order valence-corrected chi connectivity index (χ0v) is 27.6. The fourth-order valence-electron chi connectivity index (χ4n) is 5.87. The number of hydrazine groups is 1. The van der Waals surface area contributed by atoms with Gasteiger partial charge in [-0.1, -0.05) is 76.4 Å².